The van der Waals surface area contributed by atoms with Crippen LogP contribution in [0.1, 0.15) is 25.5 Å². The van der Waals surface area contributed by atoms with E-state index in [1.165, 1.54) is 12.3 Å². The van der Waals surface area contributed by atoms with Crippen molar-refractivity contribution in [2.75, 3.05) is 0 Å². The molecule has 60 valence electrons. The summed E-state index contributed by atoms with van der Waals surface area (Å²) in [7, 11) is 0. The molecule has 0 bridgehead atoms. The van der Waals surface area contributed by atoms with Crippen LogP contribution in [0.25, 0.3) is 0 Å². The molecule has 0 aliphatic carbocycles. The lowest BCUT2D eigenvalue weighted by Gasteiger charge is -2.05. The van der Waals surface area contributed by atoms with Crippen LogP contribution in [0.3, 0.4) is 0 Å². The fraction of sp³-hybridized carbons (Fsp3) is 0.375. The van der Waals surface area contributed by atoms with Crippen LogP contribution >= 0.6 is 0 Å². The average molecular weight is 153 g/mol. The van der Waals surface area contributed by atoms with E-state index in [9.17, 15) is 5.11 Å². The summed E-state index contributed by atoms with van der Waals surface area (Å²) in [5.41, 5.74) is 0.614. The van der Waals surface area contributed by atoms with Crippen molar-refractivity contribution in [3.63, 3.8) is 0 Å². The van der Waals surface area contributed by atoms with Gasteiger partial charge in [-0.3, -0.25) is 4.98 Å². The van der Waals surface area contributed by atoms with Crippen molar-refractivity contribution < 1.29 is 10.2 Å². The van der Waals surface area contributed by atoms with Crippen molar-refractivity contribution in [3.05, 3.63) is 18.0 Å². The van der Waals surface area contributed by atoms with E-state index in [2.05, 4.69) is 4.98 Å². The number of hydrogen-bond acceptors (Lipinski definition) is 3. The van der Waals surface area contributed by atoms with Crippen LogP contribution in [0, 0.1) is 0 Å². The molecule has 1 aromatic rings. The summed E-state index contributed by atoms with van der Waals surface area (Å²) in [5.74, 6) is 0.225. The molecule has 11 heavy (non-hydrogen) atoms. The Hall–Kier alpha value is -1.25. The highest BCUT2D eigenvalue weighted by Gasteiger charge is 2.06. The van der Waals surface area contributed by atoms with Gasteiger partial charge in [0.05, 0.1) is 11.9 Å². The Morgan fingerprint density at radius 2 is 2.00 bits per heavy atom. The first-order valence-corrected chi connectivity index (χ1v) is 3.49. The Labute approximate surface area is 65.3 Å². The third kappa shape index (κ3) is 1.61. The molecule has 0 aliphatic heterocycles. The number of aromatic nitrogens is 1. The van der Waals surface area contributed by atoms with Gasteiger partial charge in [0, 0.05) is 6.07 Å². The Balaban J connectivity index is 3.09. The second-order valence-corrected chi connectivity index (χ2v) is 2.75. The van der Waals surface area contributed by atoms with Gasteiger partial charge < -0.3 is 10.2 Å². The van der Waals surface area contributed by atoms with E-state index < -0.39 is 0 Å². The molecule has 0 spiro atoms. The van der Waals surface area contributed by atoms with Crippen LogP contribution < -0.4 is 0 Å². The highest BCUT2D eigenvalue weighted by Crippen LogP contribution is 2.25. The first kappa shape index (κ1) is 7.85. The number of hydrogen-bond donors (Lipinski definition) is 2. The highest BCUT2D eigenvalue weighted by atomic mass is 16.3. The smallest absolute Gasteiger partial charge is 0.141 e. The Kier molecular flexibility index (Phi) is 1.98. The molecule has 1 heterocycles. The van der Waals surface area contributed by atoms with Crippen molar-refractivity contribution in [2.45, 2.75) is 19.8 Å². The van der Waals surface area contributed by atoms with Crippen LogP contribution in [0.2, 0.25) is 0 Å². The minimum absolute atomic E-state index is 0.00750. The number of pyridine rings is 1. The molecule has 0 unspecified atom stereocenters. The number of aromatic hydroxyl groups is 2. The molecule has 0 radical (unpaired) electrons. The molecule has 0 fully saturated rings. The van der Waals surface area contributed by atoms with E-state index in [0.717, 1.165) is 0 Å². The largest absolute Gasteiger partial charge is 0.506 e. The van der Waals surface area contributed by atoms with E-state index in [-0.39, 0.29) is 17.4 Å². The lowest BCUT2D eigenvalue weighted by atomic mass is 10.1. The van der Waals surface area contributed by atoms with Crippen molar-refractivity contribution in [1.29, 1.82) is 0 Å². The van der Waals surface area contributed by atoms with Crippen LogP contribution in [-0.2, 0) is 0 Å². The van der Waals surface area contributed by atoms with Gasteiger partial charge in [0.25, 0.3) is 0 Å². The molecule has 0 aliphatic rings. The molecule has 0 aromatic carbocycles. The van der Waals surface area contributed by atoms with Gasteiger partial charge in [-0.1, -0.05) is 13.8 Å². The second kappa shape index (κ2) is 2.78. The standard InChI is InChI=1S/C8H11NO2/c1-5(2)8-7(11)3-6(10)4-9-8/h3-5,10-11H,1-2H3. The topological polar surface area (TPSA) is 53.4 Å². The third-order valence-electron chi connectivity index (χ3n) is 1.43. The van der Waals surface area contributed by atoms with E-state index in [4.69, 9.17) is 5.11 Å². The number of rotatable bonds is 1. The van der Waals surface area contributed by atoms with E-state index in [1.807, 2.05) is 13.8 Å². The van der Waals surface area contributed by atoms with Gasteiger partial charge >= 0.3 is 0 Å². The van der Waals surface area contributed by atoms with Crippen LogP contribution in [0.4, 0.5) is 0 Å². The summed E-state index contributed by atoms with van der Waals surface area (Å²) in [4.78, 5) is 3.88. The predicted molar refractivity (Wildman–Crippen MR) is 41.7 cm³/mol. The minimum Gasteiger partial charge on any atom is -0.506 e. The molecule has 2 N–H and O–H groups in total. The van der Waals surface area contributed by atoms with Gasteiger partial charge in [0.15, 0.2) is 0 Å². The molecule has 0 saturated heterocycles. The summed E-state index contributed by atoms with van der Waals surface area (Å²) in [6.07, 6.45) is 1.33. The summed E-state index contributed by atoms with van der Waals surface area (Å²) < 4.78 is 0. The molecule has 0 saturated carbocycles. The molecule has 3 nitrogen and oxygen atoms in total. The zero-order valence-electron chi connectivity index (χ0n) is 6.57. The lowest BCUT2D eigenvalue weighted by molar-refractivity contribution is 0.437. The highest BCUT2D eigenvalue weighted by molar-refractivity contribution is 5.34. The maximum absolute atomic E-state index is 9.24. The van der Waals surface area contributed by atoms with E-state index >= 15 is 0 Å². The SMILES string of the molecule is CC(C)c1ncc(O)cc1O. The zero-order chi connectivity index (χ0) is 8.43. The molecule has 3 heteroatoms. The predicted octanol–water partition coefficient (Wildman–Crippen LogP) is 1.62. The van der Waals surface area contributed by atoms with E-state index in [0.29, 0.717) is 5.69 Å². The van der Waals surface area contributed by atoms with Crippen molar-refractivity contribution in [3.8, 4) is 11.5 Å². The molecular weight excluding hydrogens is 142 g/mol. The average Bonchev–Trinajstić information content (AvgIpc) is 1.85. The fourth-order valence-corrected chi connectivity index (χ4v) is 0.898. The molecular formula is C8H11NO2. The molecule has 1 aromatic heterocycles. The monoisotopic (exact) mass is 153 g/mol. The summed E-state index contributed by atoms with van der Waals surface area (Å²) in [5, 5.41) is 18.1. The third-order valence-corrected chi connectivity index (χ3v) is 1.43. The van der Waals surface area contributed by atoms with Gasteiger partial charge in [-0.05, 0) is 5.92 Å². The van der Waals surface area contributed by atoms with Gasteiger partial charge in [-0.2, -0.15) is 0 Å². The maximum atomic E-state index is 9.24. The van der Waals surface area contributed by atoms with Gasteiger partial charge in [0.1, 0.15) is 11.5 Å². The Morgan fingerprint density at radius 3 is 2.45 bits per heavy atom. The summed E-state index contributed by atoms with van der Waals surface area (Å²) >= 11 is 0. The molecule has 0 atom stereocenters. The van der Waals surface area contributed by atoms with Crippen LogP contribution in [0.15, 0.2) is 12.3 Å². The zero-order valence-corrected chi connectivity index (χ0v) is 6.57. The molecule has 0 amide bonds. The van der Waals surface area contributed by atoms with Gasteiger partial charge in [0.2, 0.25) is 0 Å². The molecule has 1 rings (SSSR count). The van der Waals surface area contributed by atoms with Gasteiger partial charge in [-0.25, -0.2) is 0 Å². The second-order valence-electron chi connectivity index (χ2n) is 2.75. The normalized spacial score (nSPS) is 10.5. The van der Waals surface area contributed by atoms with Crippen LogP contribution in [0.5, 0.6) is 11.5 Å². The quantitative estimate of drug-likeness (QED) is 0.644. The van der Waals surface area contributed by atoms with Crippen LogP contribution in [-0.4, -0.2) is 15.2 Å². The maximum Gasteiger partial charge on any atom is 0.141 e. The van der Waals surface area contributed by atoms with Crippen molar-refractivity contribution >= 4 is 0 Å². The summed E-state index contributed by atoms with van der Waals surface area (Å²) in [6.45, 7) is 3.86. The van der Waals surface area contributed by atoms with Gasteiger partial charge in [-0.15, -0.1) is 0 Å². The summed E-state index contributed by atoms with van der Waals surface area (Å²) in [6, 6.07) is 1.29. The van der Waals surface area contributed by atoms with Crippen molar-refractivity contribution in [1.82, 2.24) is 4.98 Å². The van der Waals surface area contributed by atoms with E-state index in [1.54, 1.807) is 0 Å². The Morgan fingerprint density at radius 1 is 1.36 bits per heavy atom. The first-order valence-electron chi connectivity index (χ1n) is 3.49. The van der Waals surface area contributed by atoms with Crippen molar-refractivity contribution in [2.24, 2.45) is 0 Å². The lowest BCUT2D eigenvalue weighted by Crippen LogP contribution is -1.91. The fourth-order valence-electron chi connectivity index (χ4n) is 0.898. The first-order chi connectivity index (χ1) is 5.11. The number of nitrogens with zero attached hydrogens (tertiary/aromatic N) is 1. The minimum atomic E-state index is -0.00750. The Bertz CT molecular complexity index is 258.